The largest absolute Gasteiger partial charge is 0.513 e. The van der Waals surface area contributed by atoms with Gasteiger partial charge >= 0.3 is 12.2 Å². The quantitative estimate of drug-likeness (QED) is 0.634. The van der Waals surface area contributed by atoms with Gasteiger partial charge in [-0.2, -0.15) is 0 Å². The highest BCUT2D eigenvalue weighted by molar-refractivity contribution is 5.98. The monoisotopic (exact) mass is 321 g/mol. The molecule has 1 amide bonds. The zero-order chi connectivity index (χ0) is 16.6. The van der Waals surface area contributed by atoms with Gasteiger partial charge in [-0.1, -0.05) is 0 Å². The molecule has 0 radical (unpaired) electrons. The van der Waals surface area contributed by atoms with Crippen LogP contribution in [0.3, 0.4) is 0 Å². The van der Waals surface area contributed by atoms with Gasteiger partial charge in [-0.3, -0.25) is 4.90 Å². The lowest BCUT2D eigenvalue weighted by atomic mass is 9.96. The van der Waals surface area contributed by atoms with Crippen LogP contribution in [0.4, 0.5) is 15.3 Å². The van der Waals surface area contributed by atoms with E-state index in [0.29, 0.717) is 23.1 Å². The van der Waals surface area contributed by atoms with Crippen LogP contribution >= 0.6 is 0 Å². The summed E-state index contributed by atoms with van der Waals surface area (Å²) in [6, 6.07) is 3.19. The Morgan fingerprint density at radius 1 is 1.35 bits per heavy atom. The molecule has 1 atom stereocenters. The zero-order valence-corrected chi connectivity index (χ0v) is 12.6. The van der Waals surface area contributed by atoms with E-state index in [4.69, 9.17) is 13.9 Å². The molecule has 0 spiro atoms. The van der Waals surface area contributed by atoms with E-state index in [1.165, 1.54) is 31.4 Å². The molecule has 0 saturated carbocycles. The maximum absolute atomic E-state index is 12.0. The lowest BCUT2D eigenvalue weighted by Gasteiger charge is -2.31. The van der Waals surface area contributed by atoms with Crippen molar-refractivity contribution in [3.63, 3.8) is 0 Å². The highest BCUT2D eigenvalue weighted by atomic mass is 16.7. The number of rotatable bonds is 1. The zero-order valence-electron chi connectivity index (χ0n) is 12.6. The number of methoxy groups -OCH3 is 2. The second-order valence-electron chi connectivity index (χ2n) is 5.03. The molecule has 1 aromatic heterocycles. The normalized spacial score (nSPS) is 16.8. The molecule has 2 heterocycles. The van der Waals surface area contributed by atoms with E-state index in [1.54, 1.807) is 6.07 Å². The third-order valence-electron chi connectivity index (χ3n) is 3.67. The van der Waals surface area contributed by atoms with Crippen molar-refractivity contribution in [2.45, 2.75) is 12.5 Å². The Morgan fingerprint density at radius 2 is 2.13 bits per heavy atom. The summed E-state index contributed by atoms with van der Waals surface area (Å²) in [4.78, 5) is 24.7. The molecule has 0 aliphatic carbocycles. The molecule has 1 aromatic carbocycles. The van der Waals surface area contributed by atoms with Gasteiger partial charge in [-0.15, -0.1) is 0 Å². The number of amides is 1. The smallest absolute Gasteiger partial charge is 0.460 e. The average Bonchev–Trinajstić information content (AvgIpc) is 3.04. The summed E-state index contributed by atoms with van der Waals surface area (Å²) in [6.07, 6.45) is -0.456. The summed E-state index contributed by atoms with van der Waals surface area (Å²) in [6.45, 7) is 0.0840. The number of hydrogen-bond donors (Lipinski definition) is 1. The van der Waals surface area contributed by atoms with E-state index in [1.807, 2.05) is 0 Å². The maximum Gasteiger partial charge on any atom is 0.513 e. The minimum atomic E-state index is -0.900. The summed E-state index contributed by atoms with van der Waals surface area (Å²) in [7, 11) is 2.45. The fraction of sp³-hybridized carbons (Fsp3) is 0.333. The minimum absolute atomic E-state index is 0.0840. The summed E-state index contributed by atoms with van der Waals surface area (Å²) < 4.78 is 19.7. The number of carbonyl (C=O) groups excluding carboxylic acids is 2. The second-order valence-corrected chi connectivity index (χ2v) is 5.03. The van der Waals surface area contributed by atoms with E-state index < -0.39 is 18.4 Å². The van der Waals surface area contributed by atoms with Crippen molar-refractivity contribution >= 4 is 28.9 Å². The lowest BCUT2D eigenvalue weighted by molar-refractivity contribution is 0.121. The Hall–Kier alpha value is -2.74. The lowest BCUT2D eigenvalue weighted by Crippen LogP contribution is -2.42. The first-order valence-electron chi connectivity index (χ1n) is 6.87. The van der Waals surface area contributed by atoms with Crippen molar-refractivity contribution < 1.29 is 33.3 Å². The molecule has 1 aliphatic heterocycles. The molecule has 1 N–H and O–H groups in total. The van der Waals surface area contributed by atoms with E-state index >= 15 is 0 Å². The summed E-state index contributed by atoms with van der Waals surface area (Å²) in [5.74, 6) is 0.126. The van der Waals surface area contributed by atoms with Crippen LogP contribution < -0.4 is 9.64 Å². The Kier molecular flexibility index (Phi) is 3.83. The Labute approximate surface area is 131 Å². The molecule has 3 rings (SSSR count). The summed E-state index contributed by atoms with van der Waals surface area (Å²) in [5.41, 5.74) is 1.55. The number of nitrogens with zero attached hydrogens (tertiary/aromatic N) is 1. The number of benzene rings is 1. The highest BCUT2D eigenvalue weighted by Crippen LogP contribution is 2.40. The molecule has 1 unspecified atom stereocenters. The van der Waals surface area contributed by atoms with Crippen LogP contribution in [-0.4, -0.2) is 44.2 Å². The van der Waals surface area contributed by atoms with Crippen molar-refractivity contribution in [3.05, 3.63) is 24.0 Å². The van der Waals surface area contributed by atoms with E-state index in [0.717, 1.165) is 5.56 Å². The SMILES string of the molecule is COC(=O)Oc1cc2c(c3ccoc13)CC(O)CN2C(=O)OC. The molecular formula is C15H15NO7. The van der Waals surface area contributed by atoms with Gasteiger partial charge in [-0.25, -0.2) is 9.59 Å². The number of hydrogen-bond acceptors (Lipinski definition) is 7. The molecule has 8 heteroatoms. The van der Waals surface area contributed by atoms with E-state index in [-0.39, 0.29) is 12.3 Å². The third-order valence-corrected chi connectivity index (χ3v) is 3.67. The van der Waals surface area contributed by atoms with Crippen LogP contribution in [-0.2, 0) is 15.9 Å². The van der Waals surface area contributed by atoms with Gasteiger partial charge in [-0.05, 0) is 11.6 Å². The molecular weight excluding hydrogens is 306 g/mol. The third kappa shape index (κ3) is 2.57. The molecule has 8 nitrogen and oxygen atoms in total. The van der Waals surface area contributed by atoms with Crippen LogP contribution in [0.5, 0.6) is 5.75 Å². The highest BCUT2D eigenvalue weighted by Gasteiger charge is 2.31. The number of ether oxygens (including phenoxy) is 3. The number of fused-ring (bicyclic) bond motifs is 3. The summed E-state index contributed by atoms with van der Waals surface area (Å²) in [5, 5.41) is 10.7. The molecule has 1 aliphatic rings. The minimum Gasteiger partial charge on any atom is -0.460 e. The van der Waals surface area contributed by atoms with Crippen molar-refractivity contribution in [3.8, 4) is 5.75 Å². The van der Waals surface area contributed by atoms with Gasteiger partial charge in [0.25, 0.3) is 0 Å². The number of furan rings is 1. The fourth-order valence-corrected chi connectivity index (χ4v) is 2.71. The van der Waals surface area contributed by atoms with Gasteiger partial charge < -0.3 is 23.7 Å². The second kappa shape index (κ2) is 5.81. The fourth-order valence-electron chi connectivity index (χ4n) is 2.71. The molecule has 2 aromatic rings. The van der Waals surface area contributed by atoms with Crippen LogP contribution in [0, 0.1) is 0 Å². The number of carbonyl (C=O) groups is 2. The molecule has 23 heavy (non-hydrogen) atoms. The van der Waals surface area contributed by atoms with Crippen LogP contribution in [0.1, 0.15) is 5.56 Å². The molecule has 0 fully saturated rings. The first-order valence-corrected chi connectivity index (χ1v) is 6.87. The first kappa shape index (κ1) is 15.2. The Balaban J connectivity index is 2.18. The van der Waals surface area contributed by atoms with Gasteiger partial charge in [0, 0.05) is 17.9 Å². The number of β-amino-alcohol motifs (C(OH)–C–C–N with tert-alkyl or cyclic N) is 1. The van der Waals surface area contributed by atoms with Crippen molar-refractivity contribution in [1.82, 2.24) is 0 Å². The van der Waals surface area contributed by atoms with Gasteiger partial charge in [0.15, 0.2) is 11.3 Å². The number of aliphatic hydroxyl groups excluding tert-OH is 1. The standard InChI is InChI=1S/C15H15NO7/c1-20-14(18)16-7-8(17)5-10-9-3-4-22-13(9)12(6-11(10)16)23-15(19)21-2/h3-4,6,8,17H,5,7H2,1-2H3. The van der Waals surface area contributed by atoms with Crippen molar-refractivity contribution in [1.29, 1.82) is 0 Å². The Bertz CT molecular complexity index is 767. The molecule has 0 saturated heterocycles. The maximum atomic E-state index is 12.0. The predicted octanol–water partition coefficient (Wildman–Crippen LogP) is 2.07. The number of anilines is 1. The van der Waals surface area contributed by atoms with Gasteiger partial charge in [0.1, 0.15) is 0 Å². The van der Waals surface area contributed by atoms with Crippen LogP contribution in [0.15, 0.2) is 22.8 Å². The first-order chi connectivity index (χ1) is 11.0. The van der Waals surface area contributed by atoms with E-state index in [9.17, 15) is 14.7 Å². The van der Waals surface area contributed by atoms with Crippen LogP contribution in [0.2, 0.25) is 0 Å². The van der Waals surface area contributed by atoms with Crippen molar-refractivity contribution in [2.75, 3.05) is 25.7 Å². The van der Waals surface area contributed by atoms with Gasteiger partial charge in [0.05, 0.1) is 38.8 Å². The van der Waals surface area contributed by atoms with E-state index in [2.05, 4.69) is 4.74 Å². The Morgan fingerprint density at radius 3 is 2.83 bits per heavy atom. The van der Waals surface area contributed by atoms with Gasteiger partial charge in [0.2, 0.25) is 0 Å². The average molecular weight is 321 g/mol. The predicted molar refractivity (Wildman–Crippen MR) is 78.7 cm³/mol. The number of aliphatic hydroxyl groups is 1. The summed E-state index contributed by atoms with van der Waals surface area (Å²) >= 11 is 0. The van der Waals surface area contributed by atoms with Crippen molar-refractivity contribution in [2.24, 2.45) is 0 Å². The molecule has 0 bridgehead atoms. The topological polar surface area (TPSA) is 98.4 Å². The molecule has 122 valence electrons. The van der Waals surface area contributed by atoms with Crippen LogP contribution in [0.25, 0.3) is 11.0 Å².